The first kappa shape index (κ1) is 16.3. The van der Waals surface area contributed by atoms with Gasteiger partial charge in [-0.05, 0) is 23.6 Å². The van der Waals surface area contributed by atoms with Gasteiger partial charge >= 0.3 is 6.18 Å². The van der Waals surface area contributed by atoms with Gasteiger partial charge in [0.25, 0.3) is 0 Å². The van der Waals surface area contributed by atoms with Crippen molar-refractivity contribution in [3.63, 3.8) is 0 Å². The molecule has 2 atom stereocenters. The van der Waals surface area contributed by atoms with Crippen LogP contribution in [0.15, 0.2) is 24.3 Å². The smallest absolute Gasteiger partial charge is 0.363 e. The number of alkyl halides is 3. The van der Waals surface area contributed by atoms with E-state index in [9.17, 15) is 13.2 Å². The SMILES string of the molecule is CC1CNC(Cc2ccc(C(F)(F)F)cc2)OC1.Cl. The van der Waals surface area contributed by atoms with Gasteiger partial charge in [-0.25, -0.2) is 0 Å². The minimum absolute atomic E-state index is 0. The molecule has 0 radical (unpaired) electrons. The van der Waals surface area contributed by atoms with Crippen LogP contribution >= 0.6 is 12.4 Å². The predicted molar refractivity (Wildman–Crippen MR) is 69.3 cm³/mol. The summed E-state index contributed by atoms with van der Waals surface area (Å²) in [5, 5.41) is 3.22. The van der Waals surface area contributed by atoms with E-state index < -0.39 is 11.7 Å². The molecule has 2 unspecified atom stereocenters. The lowest BCUT2D eigenvalue weighted by Crippen LogP contribution is -2.43. The first-order valence-electron chi connectivity index (χ1n) is 5.96. The van der Waals surface area contributed by atoms with Gasteiger partial charge in [0, 0.05) is 13.0 Å². The fourth-order valence-electron chi connectivity index (χ4n) is 1.91. The van der Waals surface area contributed by atoms with Crippen LogP contribution in [-0.2, 0) is 17.3 Å². The first-order valence-corrected chi connectivity index (χ1v) is 5.96. The lowest BCUT2D eigenvalue weighted by Gasteiger charge is -2.28. The van der Waals surface area contributed by atoms with Crippen LogP contribution in [0.2, 0.25) is 0 Å². The average Bonchev–Trinajstić information content (AvgIpc) is 2.32. The van der Waals surface area contributed by atoms with Crippen LogP contribution in [0.3, 0.4) is 0 Å². The molecule has 6 heteroatoms. The summed E-state index contributed by atoms with van der Waals surface area (Å²) in [7, 11) is 0. The van der Waals surface area contributed by atoms with Gasteiger partial charge in [0.1, 0.15) is 6.23 Å². The molecule has 108 valence electrons. The third-order valence-corrected chi connectivity index (χ3v) is 2.98. The molecule has 2 nitrogen and oxygen atoms in total. The van der Waals surface area contributed by atoms with E-state index in [2.05, 4.69) is 12.2 Å². The fraction of sp³-hybridized carbons (Fsp3) is 0.538. The molecule has 0 aromatic heterocycles. The largest absolute Gasteiger partial charge is 0.416 e. The third kappa shape index (κ3) is 4.67. The van der Waals surface area contributed by atoms with Crippen molar-refractivity contribution >= 4 is 12.4 Å². The summed E-state index contributed by atoms with van der Waals surface area (Å²) in [6.45, 7) is 3.66. The van der Waals surface area contributed by atoms with Crippen LogP contribution in [0.5, 0.6) is 0 Å². The second kappa shape index (κ2) is 6.59. The van der Waals surface area contributed by atoms with Crippen LogP contribution in [-0.4, -0.2) is 19.4 Å². The molecule has 0 spiro atoms. The Balaban J connectivity index is 0.00000180. The molecule has 2 rings (SSSR count). The zero-order valence-electron chi connectivity index (χ0n) is 10.5. The molecular weight excluding hydrogens is 279 g/mol. The molecule has 1 saturated heterocycles. The maximum absolute atomic E-state index is 12.4. The van der Waals surface area contributed by atoms with Crippen molar-refractivity contribution in [1.82, 2.24) is 5.32 Å². The lowest BCUT2D eigenvalue weighted by atomic mass is 10.1. The molecule has 0 saturated carbocycles. The Morgan fingerprint density at radius 2 is 1.89 bits per heavy atom. The van der Waals surface area contributed by atoms with Crippen LogP contribution in [0.4, 0.5) is 13.2 Å². The van der Waals surface area contributed by atoms with Gasteiger partial charge in [0.05, 0.1) is 12.2 Å². The van der Waals surface area contributed by atoms with E-state index in [1.165, 1.54) is 12.1 Å². The zero-order chi connectivity index (χ0) is 13.2. The Bertz CT molecular complexity index is 386. The van der Waals surface area contributed by atoms with Crippen molar-refractivity contribution in [3.8, 4) is 0 Å². The number of hydrogen-bond acceptors (Lipinski definition) is 2. The van der Waals surface area contributed by atoms with E-state index in [-0.39, 0.29) is 18.6 Å². The molecule has 1 aromatic rings. The number of nitrogens with one attached hydrogen (secondary N) is 1. The maximum Gasteiger partial charge on any atom is 0.416 e. The van der Waals surface area contributed by atoms with Crippen molar-refractivity contribution in [2.45, 2.75) is 25.7 Å². The zero-order valence-corrected chi connectivity index (χ0v) is 11.4. The van der Waals surface area contributed by atoms with E-state index in [1.54, 1.807) is 0 Å². The normalized spacial score (nSPS) is 23.8. The quantitative estimate of drug-likeness (QED) is 0.904. The Morgan fingerprint density at radius 1 is 1.26 bits per heavy atom. The number of rotatable bonds is 2. The number of halogens is 4. The average molecular weight is 296 g/mol. The highest BCUT2D eigenvalue weighted by Gasteiger charge is 2.30. The molecular formula is C13H17ClF3NO. The van der Waals surface area contributed by atoms with E-state index in [0.29, 0.717) is 18.9 Å². The van der Waals surface area contributed by atoms with E-state index in [4.69, 9.17) is 4.74 Å². The predicted octanol–water partition coefficient (Wildman–Crippen LogP) is 3.25. The van der Waals surface area contributed by atoms with E-state index >= 15 is 0 Å². The first-order chi connectivity index (χ1) is 8.45. The Morgan fingerprint density at radius 3 is 2.37 bits per heavy atom. The molecule has 1 heterocycles. The van der Waals surface area contributed by atoms with E-state index in [0.717, 1.165) is 24.2 Å². The van der Waals surface area contributed by atoms with Gasteiger partial charge < -0.3 is 4.74 Å². The molecule has 0 bridgehead atoms. The highest BCUT2D eigenvalue weighted by molar-refractivity contribution is 5.85. The van der Waals surface area contributed by atoms with Gasteiger partial charge in [-0.15, -0.1) is 12.4 Å². The highest BCUT2D eigenvalue weighted by atomic mass is 35.5. The summed E-state index contributed by atoms with van der Waals surface area (Å²) in [4.78, 5) is 0. The molecule has 1 N–H and O–H groups in total. The molecule has 19 heavy (non-hydrogen) atoms. The third-order valence-electron chi connectivity index (χ3n) is 2.98. The second-order valence-corrected chi connectivity index (χ2v) is 4.73. The Kier molecular flexibility index (Phi) is 5.64. The molecule has 1 aliphatic heterocycles. The molecule has 1 aliphatic rings. The lowest BCUT2D eigenvalue weighted by molar-refractivity contribution is -0.137. The fourth-order valence-corrected chi connectivity index (χ4v) is 1.91. The summed E-state index contributed by atoms with van der Waals surface area (Å²) in [6, 6.07) is 5.24. The van der Waals surface area contributed by atoms with Crippen LogP contribution < -0.4 is 5.32 Å². The van der Waals surface area contributed by atoms with Gasteiger partial charge in [-0.2, -0.15) is 13.2 Å². The van der Waals surface area contributed by atoms with Gasteiger partial charge in [-0.1, -0.05) is 19.1 Å². The van der Waals surface area contributed by atoms with Crippen LogP contribution in [0, 0.1) is 5.92 Å². The van der Waals surface area contributed by atoms with Gasteiger partial charge in [0.15, 0.2) is 0 Å². The Hall–Kier alpha value is -0.780. The van der Waals surface area contributed by atoms with Gasteiger partial charge in [0.2, 0.25) is 0 Å². The number of benzene rings is 1. The molecule has 0 aliphatic carbocycles. The standard InChI is InChI=1S/C13H16F3NO.ClH/c1-9-7-17-12(18-8-9)6-10-2-4-11(5-3-10)13(14,15)16;/h2-5,9,12,17H,6-8H2,1H3;1H. The molecule has 0 amide bonds. The van der Waals surface area contributed by atoms with E-state index in [1.807, 2.05) is 0 Å². The van der Waals surface area contributed by atoms with Crippen LogP contribution in [0.1, 0.15) is 18.1 Å². The van der Waals surface area contributed by atoms with Gasteiger partial charge in [-0.3, -0.25) is 5.32 Å². The minimum Gasteiger partial charge on any atom is -0.363 e. The molecule has 1 fully saturated rings. The van der Waals surface area contributed by atoms with Crippen molar-refractivity contribution < 1.29 is 17.9 Å². The maximum atomic E-state index is 12.4. The summed E-state index contributed by atoms with van der Waals surface area (Å²) in [6.07, 6.45) is -3.78. The Labute approximate surface area is 116 Å². The number of hydrogen-bond donors (Lipinski definition) is 1. The summed E-state index contributed by atoms with van der Waals surface area (Å²) < 4.78 is 42.7. The summed E-state index contributed by atoms with van der Waals surface area (Å²) >= 11 is 0. The van der Waals surface area contributed by atoms with Crippen molar-refractivity contribution in [2.24, 2.45) is 5.92 Å². The topological polar surface area (TPSA) is 21.3 Å². The number of ether oxygens (including phenoxy) is 1. The van der Waals surface area contributed by atoms with Crippen molar-refractivity contribution in [3.05, 3.63) is 35.4 Å². The van der Waals surface area contributed by atoms with Crippen LogP contribution in [0.25, 0.3) is 0 Å². The highest BCUT2D eigenvalue weighted by Crippen LogP contribution is 2.29. The molecule has 1 aromatic carbocycles. The summed E-state index contributed by atoms with van der Waals surface area (Å²) in [5.41, 5.74) is 0.229. The van der Waals surface area contributed by atoms with Crippen molar-refractivity contribution in [1.29, 1.82) is 0 Å². The van der Waals surface area contributed by atoms with Crippen molar-refractivity contribution in [2.75, 3.05) is 13.2 Å². The summed E-state index contributed by atoms with van der Waals surface area (Å²) in [5.74, 6) is 0.480. The monoisotopic (exact) mass is 295 g/mol. The minimum atomic E-state index is -4.27. The second-order valence-electron chi connectivity index (χ2n) is 4.73.